The number of nitrogens with zero attached hydrogens (tertiary/aromatic N) is 1. The van der Waals surface area contributed by atoms with Gasteiger partial charge in [-0.2, -0.15) is 0 Å². The minimum absolute atomic E-state index is 0.182. The molecule has 1 heterocycles. The van der Waals surface area contributed by atoms with E-state index in [-0.39, 0.29) is 5.91 Å². The first-order valence-corrected chi connectivity index (χ1v) is 8.67. The van der Waals surface area contributed by atoms with E-state index in [2.05, 4.69) is 15.9 Å². The quantitative estimate of drug-likeness (QED) is 0.801. The van der Waals surface area contributed by atoms with Crippen molar-refractivity contribution in [2.75, 3.05) is 13.6 Å². The molecule has 2 aliphatic carbocycles. The number of hydrogen-bond donors (Lipinski definition) is 0. The minimum atomic E-state index is 0.182. The van der Waals surface area contributed by atoms with Crippen molar-refractivity contribution in [3.05, 3.63) is 20.3 Å². The van der Waals surface area contributed by atoms with Crippen LogP contribution < -0.4 is 0 Å². The highest BCUT2D eigenvalue weighted by molar-refractivity contribution is 9.11. The van der Waals surface area contributed by atoms with Gasteiger partial charge in [-0.25, -0.2) is 0 Å². The summed E-state index contributed by atoms with van der Waals surface area (Å²) in [5, 5.41) is 0. The lowest BCUT2D eigenvalue weighted by Gasteiger charge is -2.27. The second-order valence-corrected chi connectivity index (χ2v) is 8.56. The van der Waals surface area contributed by atoms with E-state index < -0.39 is 0 Å². The molecule has 4 heteroatoms. The van der Waals surface area contributed by atoms with E-state index in [1.54, 1.807) is 11.3 Å². The van der Waals surface area contributed by atoms with Crippen LogP contribution in [0, 0.1) is 24.7 Å². The van der Waals surface area contributed by atoms with Gasteiger partial charge in [0.1, 0.15) is 0 Å². The van der Waals surface area contributed by atoms with Crippen LogP contribution in [0.1, 0.15) is 40.9 Å². The van der Waals surface area contributed by atoms with Gasteiger partial charge >= 0.3 is 0 Å². The molecule has 19 heavy (non-hydrogen) atoms. The second-order valence-electron chi connectivity index (χ2n) is 6.19. The van der Waals surface area contributed by atoms with Gasteiger partial charge in [-0.05, 0) is 71.5 Å². The fourth-order valence-electron chi connectivity index (χ4n) is 3.79. The number of hydrogen-bond acceptors (Lipinski definition) is 2. The number of halogens is 1. The number of carbonyl (C=O) groups excluding carboxylic acids is 1. The standard InChI is InChI=1S/C15H20BrNOS/c1-9-5-13(19-14(9)16)15(18)17(2)8-12-7-10-3-4-11(12)6-10/h5,10-12H,3-4,6-8H2,1-2H3. The van der Waals surface area contributed by atoms with E-state index >= 15 is 0 Å². The van der Waals surface area contributed by atoms with Crippen LogP contribution >= 0.6 is 27.3 Å². The van der Waals surface area contributed by atoms with E-state index in [1.165, 1.54) is 25.7 Å². The van der Waals surface area contributed by atoms with Crippen molar-refractivity contribution in [3.8, 4) is 0 Å². The summed E-state index contributed by atoms with van der Waals surface area (Å²) in [5.41, 5.74) is 1.15. The van der Waals surface area contributed by atoms with Crippen molar-refractivity contribution in [1.29, 1.82) is 0 Å². The SMILES string of the molecule is Cc1cc(C(=O)N(C)CC2CC3CCC2C3)sc1Br. The third kappa shape index (κ3) is 2.62. The normalized spacial score (nSPS) is 28.9. The van der Waals surface area contributed by atoms with Gasteiger partial charge in [0.15, 0.2) is 0 Å². The van der Waals surface area contributed by atoms with Gasteiger partial charge in [-0.3, -0.25) is 4.79 Å². The third-order valence-corrected chi connectivity index (χ3v) is 6.93. The van der Waals surface area contributed by atoms with Crippen molar-refractivity contribution < 1.29 is 4.79 Å². The van der Waals surface area contributed by atoms with Crippen LogP contribution in [-0.4, -0.2) is 24.4 Å². The molecule has 0 N–H and O–H groups in total. The van der Waals surface area contributed by atoms with Crippen LogP contribution in [0.15, 0.2) is 9.85 Å². The molecule has 104 valence electrons. The van der Waals surface area contributed by atoms with E-state index in [0.29, 0.717) is 0 Å². The van der Waals surface area contributed by atoms with Crippen molar-refractivity contribution in [1.82, 2.24) is 4.90 Å². The summed E-state index contributed by atoms with van der Waals surface area (Å²) in [6.45, 7) is 2.97. The molecule has 0 spiro atoms. The van der Waals surface area contributed by atoms with Crippen molar-refractivity contribution >= 4 is 33.2 Å². The van der Waals surface area contributed by atoms with Crippen LogP contribution in [0.2, 0.25) is 0 Å². The Bertz CT molecular complexity index is 479. The van der Waals surface area contributed by atoms with Crippen LogP contribution in [0.25, 0.3) is 0 Å². The molecule has 0 radical (unpaired) electrons. The fraction of sp³-hybridized carbons (Fsp3) is 0.667. The highest BCUT2D eigenvalue weighted by atomic mass is 79.9. The Morgan fingerprint density at radius 3 is 2.79 bits per heavy atom. The monoisotopic (exact) mass is 341 g/mol. The van der Waals surface area contributed by atoms with Gasteiger partial charge in [0.05, 0.1) is 8.66 Å². The molecular formula is C15H20BrNOS. The number of carbonyl (C=O) groups is 1. The molecule has 2 saturated carbocycles. The maximum Gasteiger partial charge on any atom is 0.263 e. The largest absolute Gasteiger partial charge is 0.341 e. The topological polar surface area (TPSA) is 20.3 Å². The molecule has 1 aromatic rings. The first kappa shape index (κ1) is 13.6. The number of rotatable bonds is 3. The molecule has 1 amide bonds. The zero-order chi connectivity index (χ0) is 13.6. The van der Waals surface area contributed by atoms with Gasteiger partial charge in [-0.1, -0.05) is 6.42 Å². The summed E-state index contributed by atoms with van der Waals surface area (Å²) < 4.78 is 1.07. The molecule has 3 unspecified atom stereocenters. The van der Waals surface area contributed by atoms with Crippen LogP contribution in [0.5, 0.6) is 0 Å². The van der Waals surface area contributed by atoms with Gasteiger partial charge in [0, 0.05) is 13.6 Å². The Morgan fingerprint density at radius 1 is 1.47 bits per heavy atom. The molecule has 2 aliphatic rings. The van der Waals surface area contributed by atoms with Gasteiger partial charge in [-0.15, -0.1) is 11.3 Å². The second kappa shape index (κ2) is 5.21. The van der Waals surface area contributed by atoms with Gasteiger partial charge < -0.3 is 4.90 Å². The Morgan fingerprint density at radius 2 is 2.26 bits per heavy atom. The summed E-state index contributed by atoms with van der Waals surface area (Å²) in [7, 11) is 1.96. The number of fused-ring (bicyclic) bond motifs is 2. The Balaban J connectivity index is 1.64. The van der Waals surface area contributed by atoms with E-state index in [0.717, 1.165) is 38.5 Å². The summed E-state index contributed by atoms with van der Waals surface area (Å²) in [6, 6.07) is 1.99. The lowest BCUT2D eigenvalue weighted by Crippen LogP contribution is -2.33. The molecular weight excluding hydrogens is 322 g/mol. The maximum absolute atomic E-state index is 12.4. The van der Waals surface area contributed by atoms with Gasteiger partial charge in [0.2, 0.25) is 0 Å². The maximum atomic E-state index is 12.4. The summed E-state index contributed by atoms with van der Waals surface area (Å²) in [6.07, 6.45) is 5.57. The first-order valence-electron chi connectivity index (χ1n) is 7.06. The highest BCUT2D eigenvalue weighted by Gasteiger charge is 2.40. The average Bonchev–Trinajstić information content (AvgIpc) is 3.05. The van der Waals surface area contributed by atoms with E-state index in [9.17, 15) is 4.79 Å². The Hall–Kier alpha value is -0.350. The van der Waals surface area contributed by atoms with Crippen molar-refractivity contribution in [2.24, 2.45) is 17.8 Å². The molecule has 2 bridgehead atoms. The summed E-state index contributed by atoms with van der Waals surface area (Å²) in [5.74, 6) is 2.77. The lowest BCUT2D eigenvalue weighted by atomic mass is 9.88. The van der Waals surface area contributed by atoms with E-state index in [1.807, 2.05) is 24.9 Å². The molecule has 2 fully saturated rings. The molecule has 2 nitrogen and oxygen atoms in total. The molecule has 3 atom stereocenters. The zero-order valence-corrected chi connectivity index (χ0v) is 13.9. The highest BCUT2D eigenvalue weighted by Crippen LogP contribution is 2.48. The van der Waals surface area contributed by atoms with Crippen molar-refractivity contribution in [3.63, 3.8) is 0 Å². The molecule has 3 rings (SSSR count). The number of aryl methyl sites for hydroxylation is 1. The van der Waals surface area contributed by atoms with E-state index in [4.69, 9.17) is 0 Å². The Labute approximate surface area is 127 Å². The molecule has 0 aromatic carbocycles. The summed E-state index contributed by atoms with van der Waals surface area (Å²) >= 11 is 5.05. The third-order valence-electron chi connectivity index (χ3n) is 4.81. The average molecular weight is 342 g/mol. The Kier molecular flexibility index (Phi) is 3.73. The summed E-state index contributed by atoms with van der Waals surface area (Å²) in [4.78, 5) is 15.2. The van der Waals surface area contributed by atoms with Gasteiger partial charge in [0.25, 0.3) is 5.91 Å². The van der Waals surface area contributed by atoms with Crippen molar-refractivity contribution in [2.45, 2.75) is 32.6 Å². The van der Waals surface area contributed by atoms with Crippen LogP contribution in [-0.2, 0) is 0 Å². The predicted molar refractivity (Wildman–Crippen MR) is 82.7 cm³/mol. The number of amides is 1. The molecule has 1 aromatic heterocycles. The van der Waals surface area contributed by atoms with Crippen LogP contribution in [0.4, 0.5) is 0 Å². The predicted octanol–water partition coefficient (Wildman–Crippen LogP) is 4.33. The van der Waals surface area contributed by atoms with Crippen LogP contribution in [0.3, 0.4) is 0 Å². The zero-order valence-electron chi connectivity index (χ0n) is 11.5. The fourth-order valence-corrected chi connectivity index (χ4v) is 5.32. The molecule has 0 aliphatic heterocycles. The molecule has 0 saturated heterocycles. The lowest BCUT2D eigenvalue weighted by molar-refractivity contribution is 0.0759. The first-order chi connectivity index (χ1) is 9.04. The smallest absolute Gasteiger partial charge is 0.263 e. The number of thiophene rings is 1. The minimum Gasteiger partial charge on any atom is -0.341 e.